The molecule has 0 aromatic carbocycles. The van der Waals surface area contributed by atoms with Crippen LogP contribution in [-0.4, -0.2) is 62.4 Å². The van der Waals surface area contributed by atoms with Crippen molar-refractivity contribution in [3.63, 3.8) is 0 Å². The highest BCUT2D eigenvalue weighted by Gasteiger charge is 2.56. The molecule has 0 rings (SSSR count). The van der Waals surface area contributed by atoms with E-state index in [2.05, 4.69) is 19.1 Å². The number of allylic oxidation sites excluding steroid dienone is 2. The Hall–Kier alpha value is -1.89. The highest BCUT2D eigenvalue weighted by molar-refractivity contribution is 5.78. The minimum absolute atomic E-state index is 0.267. The second-order valence-electron chi connectivity index (χ2n) is 13.4. The second-order valence-corrected chi connectivity index (χ2v) is 13.4. The Balaban J connectivity index is 4.70. The summed E-state index contributed by atoms with van der Waals surface area (Å²) in [6.45, 7) is 8.18. The summed E-state index contributed by atoms with van der Waals surface area (Å²) in [4.78, 5) is 37.8. The van der Waals surface area contributed by atoms with Crippen molar-refractivity contribution < 1.29 is 34.2 Å². The lowest BCUT2D eigenvalue weighted by Crippen LogP contribution is -2.72. The maximum Gasteiger partial charge on any atom is 0.362 e. The van der Waals surface area contributed by atoms with Crippen LogP contribution in [0, 0.1) is 0 Å². The summed E-state index contributed by atoms with van der Waals surface area (Å²) in [6.07, 6.45) is 30.4. The normalized spacial score (nSPS) is 15.1. The molecule has 3 N–H and O–H groups in total. The van der Waals surface area contributed by atoms with Gasteiger partial charge in [-0.3, -0.25) is 4.48 Å². The summed E-state index contributed by atoms with van der Waals surface area (Å²) in [6, 6.07) is -3.15. The third kappa shape index (κ3) is 18.1. The van der Waals surface area contributed by atoms with Gasteiger partial charge in [-0.1, -0.05) is 123 Å². The molecule has 0 amide bonds. The molecule has 0 spiro atoms. The minimum atomic E-state index is -1.09. The van der Waals surface area contributed by atoms with Gasteiger partial charge in [-0.25, -0.2) is 14.4 Å². The molecule has 0 bridgehead atoms. The first-order chi connectivity index (χ1) is 21.7. The van der Waals surface area contributed by atoms with Crippen LogP contribution in [0.3, 0.4) is 0 Å². The smallest absolute Gasteiger partial charge is 0.362 e. The van der Waals surface area contributed by atoms with Crippen LogP contribution in [0.5, 0.6) is 0 Å². The van der Waals surface area contributed by atoms with Crippen LogP contribution in [0.15, 0.2) is 12.2 Å². The Morgan fingerprint density at radius 3 is 1.02 bits per heavy atom. The number of rotatable bonds is 33. The number of unbranched alkanes of at least 4 members (excludes halogenated alkanes) is 17. The maximum absolute atomic E-state index is 12.6. The fourth-order valence-corrected chi connectivity index (χ4v) is 7.16. The van der Waals surface area contributed by atoms with Gasteiger partial charge < -0.3 is 15.3 Å². The van der Waals surface area contributed by atoms with Crippen LogP contribution in [0.4, 0.5) is 0 Å². The zero-order valence-corrected chi connectivity index (χ0v) is 29.8. The molecule has 0 heterocycles. The number of carbonyl (C=O) groups is 3. The second kappa shape index (κ2) is 28.3. The van der Waals surface area contributed by atoms with Gasteiger partial charge in [0.1, 0.15) is 0 Å². The molecule has 45 heavy (non-hydrogen) atoms. The van der Waals surface area contributed by atoms with Crippen molar-refractivity contribution in [3.05, 3.63) is 12.2 Å². The summed E-state index contributed by atoms with van der Waals surface area (Å²) >= 11 is 0. The van der Waals surface area contributed by atoms with Gasteiger partial charge in [0, 0.05) is 19.3 Å². The molecule has 0 aliphatic heterocycles. The lowest BCUT2D eigenvalue weighted by atomic mass is 9.91. The Bertz CT molecular complexity index is 722. The summed E-state index contributed by atoms with van der Waals surface area (Å²) in [5.74, 6) is -3.26. The third-order valence-electron chi connectivity index (χ3n) is 9.59. The first-order valence-corrected chi connectivity index (χ1v) is 18.9. The van der Waals surface area contributed by atoms with Gasteiger partial charge in [0.15, 0.2) is 18.1 Å². The predicted molar refractivity (Wildman–Crippen MR) is 187 cm³/mol. The summed E-state index contributed by atoms with van der Waals surface area (Å²) in [5, 5.41) is 30.9. The maximum atomic E-state index is 12.6. The Kier molecular flexibility index (Phi) is 27.2. The van der Waals surface area contributed by atoms with Crippen LogP contribution in [0.1, 0.15) is 188 Å². The summed E-state index contributed by atoms with van der Waals surface area (Å²) in [5.41, 5.74) is 0. The van der Waals surface area contributed by atoms with Crippen LogP contribution in [0.2, 0.25) is 0 Å². The zero-order chi connectivity index (χ0) is 33.8. The number of quaternary nitrogens is 1. The standard InChI is InChI=1S/C38H71NO6/c1-5-9-10-11-12-13-14-15-16-17-18-19-20-21-22-23-24-25-26-27-28-32-39(33(29-6-2)36(40)41,34(30-7-3)37(42)43)35(31-8-4)38(44)45/h20-21,33-35H,5-19,22-32H2,1-4H3,(H2-,40,41,42,43,44,45)/p+1/b21-20+. The van der Waals surface area contributed by atoms with E-state index in [0.717, 1.165) is 38.5 Å². The van der Waals surface area contributed by atoms with Gasteiger partial charge >= 0.3 is 17.9 Å². The molecule has 7 nitrogen and oxygen atoms in total. The van der Waals surface area contributed by atoms with Crippen LogP contribution in [0.25, 0.3) is 0 Å². The molecule has 3 unspecified atom stereocenters. The predicted octanol–water partition coefficient (Wildman–Crippen LogP) is 10.6. The Labute approximate surface area is 276 Å². The van der Waals surface area contributed by atoms with Gasteiger partial charge in [-0.2, -0.15) is 0 Å². The Morgan fingerprint density at radius 2 is 0.733 bits per heavy atom. The van der Waals surface area contributed by atoms with Gasteiger partial charge in [0.05, 0.1) is 6.54 Å². The van der Waals surface area contributed by atoms with E-state index in [9.17, 15) is 29.7 Å². The molecule has 0 fully saturated rings. The van der Waals surface area contributed by atoms with E-state index in [0.29, 0.717) is 25.7 Å². The number of carboxylic acid groups (broad SMARTS) is 3. The van der Waals surface area contributed by atoms with Crippen molar-refractivity contribution in [1.82, 2.24) is 0 Å². The zero-order valence-electron chi connectivity index (χ0n) is 29.8. The minimum Gasteiger partial charge on any atom is -0.477 e. The SMILES string of the molecule is CCCCCCCCCCCCC/C=C/CCCCCCCC[N+](C(CCC)C(=O)O)(C(CCC)C(=O)O)C(CCC)C(=O)O. The van der Waals surface area contributed by atoms with E-state index in [1.165, 1.54) is 77.0 Å². The number of aliphatic carboxylic acids is 3. The fraction of sp³-hybridized carbons (Fsp3) is 0.868. The van der Waals surface area contributed by atoms with Crippen molar-refractivity contribution in [2.75, 3.05) is 6.54 Å². The van der Waals surface area contributed by atoms with Crippen molar-refractivity contribution in [3.8, 4) is 0 Å². The molecule has 0 aromatic rings. The molecule has 7 heteroatoms. The van der Waals surface area contributed by atoms with Crippen LogP contribution in [-0.2, 0) is 14.4 Å². The van der Waals surface area contributed by atoms with E-state index < -0.39 is 36.0 Å². The first-order valence-electron chi connectivity index (χ1n) is 18.9. The van der Waals surface area contributed by atoms with Crippen molar-refractivity contribution in [1.29, 1.82) is 0 Å². The molecule has 0 aliphatic carbocycles. The van der Waals surface area contributed by atoms with Gasteiger partial charge in [-0.15, -0.1) is 0 Å². The number of hydrogen-bond donors (Lipinski definition) is 3. The average molecular weight is 639 g/mol. The molecule has 0 aliphatic rings. The lowest BCUT2D eigenvalue weighted by Gasteiger charge is -2.50. The van der Waals surface area contributed by atoms with E-state index >= 15 is 0 Å². The monoisotopic (exact) mass is 639 g/mol. The van der Waals surface area contributed by atoms with Crippen molar-refractivity contribution in [2.24, 2.45) is 0 Å². The molecule has 0 aromatic heterocycles. The molecule has 0 saturated carbocycles. The van der Waals surface area contributed by atoms with E-state index in [4.69, 9.17) is 0 Å². The molecule has 0 radical (unpaired) electrons. The summed E-state index contributed by atoms with van der Waals surface area (Å²) < 4.78 is -0.376. The average Bonchev–Trinajstić information content (AvgIpc) is 3.00. The van der Waals surface area contributed by atoms with Crippen molar-refractivity contribution >= 4 is 17.9 Å². The quantitative estimate of drug-likeness (QED) is 0.0374. The van der Waals surface area contributed by atoms with E-state index in [1.54, 1.807) is 0 Å². The fourth-order valence-electron chi connectivity index (χ4n) is 7.16. The van der Waals surface area contributed by atoms with Gasteiger partial charge in [-0.05, 0) is 57.8 Å². The number of carboxylic acids is 3. The largest absolute Gasteiger partial charge is 0.477 e. The number of hydrogen-bond acceptors (Lipinski definition) is 3. The molecular weight excluding hydrogens is 566 g/mol. The van der Waals surface area contributed by atoms with Crippen LogP contribution >= 0.6 is 0 Å². The molecule has 264 valence electrons. The van der Waals surface area contributed by atoms with Gasteiger partial charge in [0.25, 0.3) is 0 Å². The Morgan fingerprint density at radius 1 is 0.444 bits per heavy atom. The highest BCUT2D eigenvalue weighted by Crippen LogP contribution is 2.34. The summed E-state index contributed by atoms with van der Waals surface area (Å²) in [7, 11) is 0. The van der Waals surface area contributed by atoms with E-state index in [-0.39, 0.29) is 30.3 Å². The highest BCUT2D eigenvalue weighted by atomic mass is 16.4. The molecule has 3 atom stereocenters. The van der Waals surface area contributed by atoms with Gasteiger partial charge in [0.2, 0.25) is 0 Å². The van der Waals surface area contributed by atoms with Crippen molar-refractivity contribution in [2.45, 2.75) is 206 Å². The third-order valence-corrected chi connectivity index (χ3v) is 9.59. The lowest BCUT2D eigenvalue weighted by molar-refractivity contribution is -0.973. The number of nitrogens with zero attached hydrogens (tertiary/aromatic N) is 1. The van der Waals surface area contributed by atoms with E-state index in [1.807, 2.05) is 20.8 Å². The van der Waals surface area contributed by atoms with Crippen LogP contribution < -0.4 is 0 Å². The first kappa shape index (κ1) is 43.1. The molecular formula is C38H72NO6+. The topological polar surface area (TPSA) is 112 Å². The molecule has 0 saturated heterocycles.